The summed E-state index contributed by atoms with van der Waals surface area (Å²) in [5.41, 5.74) is 0.749. The lowest BCUT2D eigenvalue weighted by atomic mass is 10.1. The van der Waals surface area contributed by atoms with Gasteiger partial charge in [-0.05, 0) is 38.0 Å². The van der Waals surface area contributed by atoms with E-state index in [1.807, 2.05) is 45.0 Å². The first-order valence-corrected chi connectivity index (χ1v) is 7.24. The van der Waals surface area contributed by atoms with Crippen molar-refractivity contribution in [2.24, 2.45) is 0 Å². The Morgan fingerprint density at radius 3 is 2.80 bits per heavy atom. The Morgan fingerprint density at radius 2 is 2.15 bits per heavy atom. The van der Waals surface area contributed by atoms with Gasteiger partial charge >= 0.3 is 0 Å². The molecular formula is C16H25NO3. The first kappa shape index (κ1) is 16.5. The molecule has 0 aliphatic carbocycles. The van der Waals surface area contributed by atoms with Crippen LogP contribution in [0.5, 0.6) is 5.75 Å². The van der Waals surface area contributed by atoms with Crippen molar-refractivity contribution in [3.63, 3.8) is 0 Å². The summed E-state index contributed by atoms with van der Waals surface area (Å²) in [6.45, 7) is 6.18. The quantitative estimate of drug-likeness (QED) is 0.769. The Bertz CT molecular complexity index is 418. The fraction of sp³-hybridized carbons (Fsp3) is 0.562. The van der Waals surface area contributed by atoms with E-state index >= 15 is 0 Å². The van der Waals surface area contributed by atoms with Crippen molar-refractivity contribution >= 4 is 5.91 Å². The molecule has 0 aliphatic rings. The molecule has 2 N–H and O–H groups in total. The van der Waals surface area contributed by atoms with Gasteiger partial charge in [-0.2, -0.15) is 0 Å². The lowest BCUT2D eigenvalue weighted by molar-refractivity contribution is -0.121. The van der Waals surface area contributed by atoms with E-state index in [1.54, 1.807) is 0 Å². The standard InChI is InChI=1S/C16H25NO3/c1-4-5-9-16(19)17-11-15(18)13-7-6-8-14(10-13)20-12(2)3/h6-8,10,12,15,18H,4-5,9,11H2,1-3H3,(H,17,19). The number of rotatable bonds is 8. The summed E-state index contributed by atoms with van der Waals surface area (Å²) < 4.78 is 5.59. The zero-order valence-electron chi connectivity index (χ0n) is 12.6. The van der Waals surface area contributed by atoms with Gasteiger partial charge in [-0.15, -0.1) is 0 Å². The fourth-order valence-corrected chi connectivity index (χ4v) is 1.82. The molecule has 112 valence electrons. The topological polar surface area (TPSA) is 58.6 Å². The van der Waals surface area contributed by atoms with Crippen LogP contribution >= 0.6 is 0 Å². The number of ether oxygens (including phenoxy) is 1. The molecule has 20 heavy (non-hydrogen) atoms. The van der Waals surface area contributed by atoms with Gasteiger partial charge in [-0.3, -0.25) is 4.79 Å². The molecule has 0 spiro atoms. The summed E-state index contributed by atoms with van der Waals surface area (Å²) in [6.07, 6.45) is 1.76. The molecule has 1 rings (SSSR count). The number of hydrogen-bond acceptors (Lipinski definition) is 3. The molecule has 1 atom stereocenters. The normalized spacial score (nSPS) is 12.2. The second-order valence-corrected chi connectivity index (χ2v) is 5.16. The predicted molar refractivity (Wildman–Crippen MR) is 79.7 cm³/mol. The Morgan fingerprint density at radius 1 is 1.40 bits per heavy atom. The summed E-state index contributed by atoms with van der Waals surface area (Å²) in [4.78, 5) is 11.5. The Balaban J connectivity index is 2.50. The van der Waals surface area contributed by atoms with Crippen molar-refractivity contribution in [2.75, 3.05) is 6.54 Å². The van der Waals surface area contributed by atoms with Crippen molar-refractivity contribution < 1.29 is 14.6 Å². The predicted octanol–water partition coefficient (Wildman–Crippen LogP) is 2.81. The third kappa shape index (κ3) is 6.06. The first-order chi connectivity index (χ1) is 9.52. The summed E-state index contributed by atoms with van der Waals surface area (Å²) in [5, 5.41) is 12.8. The average Bonchev–Trinajstić information content (AvgIpc) is 2.42. The van der Waals surface area contributed by atoms with Crippen molar-refractivity contribution in [1.82, 2.24) is 5.32 Å². The van der Waals surface area contributed by atoms with Crippen molar-refractivity contribution in [1.29, 1.82) is 0 Å². The third-order valence-corrected chi connectivity index (χ3v) is 2.86. The number of unbranched alkanes of at least 4 members (excludes halogenated alkanes) is 1. The molecule has 0 heterocycles. The van der Waals surface area contributed by atoms with E-state index in [0.29, 0.717) is 6.42 Å². The molecule has 0 fully saturated rings. The van der Waals surface area contributed by atoms with Crippen LogP contribution in [0.1, 0.15) is 51.7 Å². The van der Waals surface area contributed by atoms with Crippen LogP contribution in [0.4, 0.5) is 0 Å². The molecular weight excluding hydrogens is 254 g/mol. The largest absolute Gasteiger partial charge is 0.491 e. The summed E-state index contributed by atoms with van der Waals surface area (Å²) in [7, 11) is 0. The highest BCUT2D eigenvalue weighted by molar-refractivity contribution is 5.75. The minimum absolute atomic E-state index is 0.0134. The van der Waals surface area contributed by atoms with Crippen molar-refractivity contribution in [2.45, 2.75) is 52.2 Å². The molecule has 0 aliphatic heterocycles. The average molecular weight is 279 g/mol. The molecule has 1 aromatic rings. The second kappa shape index (κ2) is 8.59. The number of amides is 1. The molecule has 0 aromatic heterocycles. The summed E-state index contributed by atoms with van der Waals surface area (Å²) >= 11 is 0. The molecule has 1 aromatic carbocycles. The van der Waals surface area contributed by atoms with Crippen LogP contribution in [-0.4, -0.2) is 23.7 Å². The van der Waals surface area contributed by atoms with Gasteiger partial charge in [-0.1, -0.05) is 25.5 Å². The highest BCUT2D eigenvalue weighted by Crippen LogP contribution is 2.19. The minimum atomic E-state index is -0.712. The van der Waals surface area contributed by atoms with Gasteiger partial charge in [0.2, 0.25) is 5.91 Å². The highest BCUT2D eigenvalue weighted by atomic mass is 16.5. The summed E-state index contributed by atoms with van der Waals surface area (Å²) in [6, 6.07) is 7.34. The van der Waals surface area contributed by atoms with Crippen LogP contribution in [0.3, 0.4) is 0 Å². The zero-order valence-corrected chi connectivity index (χ0v) is 12.6. The fourth-order valence-electron chi connectivity index (χ4n) is 1.82. The second-order valence-electron chi connectivity index (χ2n) is 5.16. The number of benzene rings is 1. The number of hydrogen-bond donors (Lipinski definition) is 2. The molecule has 1 amide bonds. The van der Waals surface area contributed by atoms with Gasteiger partial charge in [0, 0.05) is 13.0 Å². The van der Waals surface area contributed by atoms with Crippen LogP contribution in [0.2, 0.25) is 0 Å². The number of carbonyl (C=O) groups is 1. The van der Waals surface area contributed by atoms with E-state index in [0.717, 1.165) is 24.2 Å². The van der Waals surface area contributed by atoms with E-state index in [1.165, 1.54) is 0 Å². The van der Waals surface area contributed by atoms with Crippen LogP contribution < -0.4 is 10.1 Å². The number of carbonyl (C=O) groups excluding carboxylic acids is 1. The molecule has 0 saturated heterocycles. The van der Waals surface area contributed by atoms with Gasteiger partial charge in [0.1, 0.15) is 5.75 Å². The van der Waals surface area contributed by atoms with Gasteiger partial charge in [0.15, 0.2) is 0 Å². The van der Waals surface area contributed by atoms with E-state index in [4.69, 9.17) is 4.74 Å². The van der Waals surface area contributed by atoms with E-state index < -0.39 is 6.10 Å². The van der Waals surface area contributed by atoms with Crippen LogP contribution in [0.25, 0.3) is 0 Å². The molecule has 0 bridgehead atoms. The zero-order chi connectivity index (χ0) is 15.0. The summed E-state index contributed by atoms with van der Waals surface area (Å²) in [5.74, 6) is 0.717. The van der Waals surface area contributed by atoms with Gasteiger partial charge in [0.25, 0.3) is 0 Å². The Kier molecular flexibility index (Phi) is 7.09. The number of aliphatic hydroxyl groups excluding tert-OH is 1. The third-order valence-electron chi connectivity index (χ3n) is 2.86. The maximum Gasteiger partial charge on any atom is 0.220 e. The van der Waals surface area contributed by atoms with Crippen LogP contribution in [0, 0.1) is 0 Å². The molecule has 0 saturated carbocycles. The Labute approximate surface area is 121 Å². The van der Waals surface area contributed by atoms with Crippen molar-refractivity contribution in [3.05, 3.63) is 29.8 Å². The van der Waals surface area contributed by atoms with Gasteiger partial charge in [0.05, 0.1) is 12.2 Å². The molecule has 0 radical (unpaired) electrons. The van der Waals surface area contributed by atoms with E-state index in [-0.39, 0.29) is 18.6 Å². The van der Waals surface area contributed by atoms with Crippen LogP contribution in [0.15, 0.2) is 24.3 Å². The number of aliphatic hydroxyl groups is 1. The van der Waals surface area contributed by atoms with Crippen molar-refractivity contribution in [3.8, 4) is 5.75 Å². The monoisotopic (exact) mass is 279 g/mol. The minimum Gasteiger partial charge on any atom is -0.491 e. The molecule has 1 unspecified atom stereocenters. The smallest absolute Gasteiger partial charge is 0.220 e. The van der Waals surface area contributed by atoms with E-state index in [2.05, 4.69) is 5.32 Å². The van der Waals surface area contributed by atoms with Gasteiger partial charge in [-0.25, -0.2) is 0 Å². The Hall–Kier alpha value is -1.55. The maximum atomic E-state index is 11.5. The van der Waals surface area contributed by atoms with E-state index in [9.17, 15) is 9.90 Å². The highest BCUT2D eigenvalue weighted by Gasteiger charge is 2.10. The SMILES string of the molecule is CCCCC(=O)NCC(O)c1cccc(OC(C)C)c1. The lowest BCUT2D eigenvalue weighted by Crippen LogP contribution is -2.28. The number of nitrogens with one attached hydrogen (secondary N) is 1. The lowest BCUT2D eigenvalue weighted by Gasteiger charge is -2.15. The van der Waals surface area contributed by atoms with Gasteiger partial charge < -0.3 is 15.2 Å². The molecule has 4 heteroatoms. The molecule has 4 nitrogen and oxygen atoms in total. The maximum absolute atomic E-state index is 11.5. The first-order valence-electron chi connectivity index (χ1n) is 7.24. The van der Waals surface area contributed by atoms with Crippen LogP contribution in [-0.2, 0) is 4.79 Å².